The molecule has 6 atom stereocenters. The zero-order valence-electron chi connectivity index (χ0n) is 80.6. The zero-order chi connectivity index (χ0) is 92.0. The van der Waals surface area contributed by atoms with Gasteiger partial charge in [0, 0.05) is 156 Å². The van der Waals surface area contributed by atoms with Crippen LogP contribution in [0.2, 0.25) is 0 Å². The number of aliphatic hydroxyl groups excluding tert-OH is 6. The van der Waals surface area contributed by atoms with E-state index in [0.29, 0.717) is 117 Å². The van der Waals surface area contributed by atoms with Crippen LogP contribution in [0.25, 0.3) is 0 Å². The molecule has 24 nitrogen and oxygen atoms in total. The second-order valence-electron chi connectivity index (χ2n) is 35.1. The van der Waals surface area contributed by atoms with Crippen LogP contribution in [0.1, 0.15) is 350 Å². The summed E-state index contributed by atoms with van der Waals surface area (Å²) in [6.45, 7) is 15.5. The van der Waals surface area contributed by atoms with Crippen molar-refractivity contribution < 1.29 is 87.8 Å². The van der Waals surface area contributed by atoms with Gasteiger partial charge in [0.1, 0.15) is 76.3 Å². The molecule has 1 rings (SSSR count). The van der Waals surface area contributed by atoms with E-state index in [0.717, 1.165) is 231 Å². The average molecular weight is 1780 g/mol. The van der Waals surface area contributed by atoms with Gasteiger partial charge in [-0.3, -0.25) is 58.2 Å². The summed E-state index contributed by atoms with van der Waals surface area (Å²) in [7, 11) is 0. The predicted molar refractivity (Wildman–Crippen MR) is 511 cm³/mol. The van der Waals surface area contributed by atoms with Crippen LogP contribution < -0.4 is 0 Å². The van der Waals surface area contributed by atoms with Gasteiger partial charge < -0.3 is 59.1 Å². The monoisotopic (exact) mass is 1780 g/mol. The van der Waals surface area contributed by atoms with Gasteiger partial charge in [0.2, 0.25) is 0 Å². The Morgan fingerprint density at radius 1 is 0.198 bits per heavy atom. The highest BCUT2D eigenvalue weighted by Crippen LogP contribution is 2.17. The molecule has 732 valence electrons. The molecule has 1 aliphatic rings. The van der Waals surface area contributed by atoms with Crippen LogP contribution in [0, 0.1) is 0 Å². The summed E-state index contributed by atoms with van der Waals surface area (Å²) in [5, 5.41) is 71.6. The van der Waals surface area contributed by atoms with Crippen LogP contribution in [0.4, 0.5) is 0 Å². The Morgan fingerprint density at radius 2 is 0.317 bits per heavy atom. The molecule has 6 N–H and O–H groups in total. The number of carbonyl (C=O) groups is 6. The Bertz CT molecular complexity index is 2270. The quantitative estimate of drug-likeness (QED) is 0.0143. The van der Waals surface area contributed by atoms with Gasteiger partial charge in [0.15, 0.2) is 0 Å². The van der Waals surface area contributed by atoms with E-state index < -0.39 is 72.4 Å². The summed E-state index contributed by atoms with van der Waals surface area (Å²) in [5.41, 5.74) is 0. The Kier molecular flexibility index (Phi) is 82.7. The number of nitrogens with zero attached hydrogens (tertiary/aromatic N) is 6. The molecule has 126 heavy (non-hydrogen) atoms. The van der Waals surface area contributed by atoms with Crippen molar-refractivity contribution in [2.75, 3.05) is 157 Å². The highest BCUT2D eigenvalue weighted by molar-refractivity contribution is 5.71. The average Bonchev–Trinajstić information content (AvgIpc) is 0.880. The van der Waals surface area contributed by atoms with Crippen molar-refractivity contribution in [2.24, 2.45) is 0 Å². The van der Waals surface area contributed by atoms with Gasteiger partial charge in [-0.15, -0.1) is 0 Å². The maximum absolute atomic E-state index is 13.3. The molecule has 6 unspecified atom stereocenters. The van der Waals surface area contributed by atoms with Crippen molar-refractivity contribution in [1.82, 2.24) is 29.4 Å². The molecule has 1 saturated heterocycles. The number of esters is 6. The minimum atomic E-state index is -1.13. The van der Waals surface area contributed by atoms with E-state index in [1.165, 1.54) is 0 Å². The number of carbonyl (C=O) groups excluding carboxylic acids is 6. The first-order valence-corrected chi connectivity index (χ1v) is 50.6. The third-order valence-corrected chi connectivity index (χ3v) is 22.7. The second kappa shape index (κ2) is 87.7. The van der Waals surface area contributed by atoms with Crippen molar-refractivity contribution in [3.05, 3.63) is 72.9 Å². The molecular formula is C102H186N6O18. The molecule has 0 aromatic heterocycles. The minimum absolute atomic E-state index is 0.0587. The lowest BCUT2D eigenvalue weighted by Crippen LogP contribution is -2.51. The molecule has 0 radical (unpaired) electrons. The third kappa shape index (κ3) is 78.6. The van der Waals surface area contributed by atoms with E-state index in [9.17, 15) is 59.4 Å². The molecule has 0 spiro atoms. The molecular weight excluding hydrogens is 1600 g/mol. The van der Waals surface area contributed by atoms with Crippen LogP contribution in [0.5, 0.6) is 0 Å². The summed E-state index contributed by atoms with van der Waals surface area (Å²) in [6.07, 6.45) is 61.7. The maximum Gasteiger partial charge on any atom is 0.305 e. The van der Waals surface area contributed by atoms with Crippen LogP contribution in [0.3, 0.4) is 0 Å². The van der Waals surface area contributed by atoms with E-state index in [1.54, 1.807) is 0 Å². The van der Waals surface area contributed by atoms with Gasteiger partial charge in [0.05, 0.1) is 0 Å². The fraction of sp³-hybridized carbons (Fsp3) is 0.824. The fourth-order valence-corrected chi connectivity index (χ4v) is 14.7. The van der Waals surface area contributed by atoms with Gasteiger partial charge in [-0.1, -0.05) is 230 Å². The van der Waals surface area contributed by atoms with Crippen molar-refractivity contribution in [1.29, 1.82) is 0 Å². The number of allylic oxidation sites excluding steroid dienone is 12. The number of hydrogen-bond donors (Lipinski definition) is 6. The molecule has 0 aromatic carbocycles. The molecule has 0 aromatic rings. The van der Waals surface area contributed by atoms with Gasteiger partial charge in [-0.05, 0) is 154 Å². The van der Waals surface area contributed by atoms with E-state index in [2.05, 4.69) is 144 Å². The van der Waals surface area contributed by atoms with Crippen molar-refractivity contribution in [2.45, 2.75) is 386 Å². The fourth-order valence-electron chi connectivity index (χ4n) is 14.7. The molecule has 1 aliphatic heterocycles. The smallest absolute Gasteiger partial charge is 0.305 e. The normalized spacial score (nSPS) is 16.3. The van der Waals surface area contributed by atoms with Gasteiger partial charge in [0.25, 0.3) is 0 Å². The van der Waals surface area contributed by atoms with E-state index in [4.69, 9.17) is 28.4 Å². The zero-order valence-corrected chi connectivity index (χ0v) is 80.6. The first-order valence-electron chi connectivity index (χ1n) is 50.6. The number of β-amino-alcohol motifs (C(OH)–C–C–N with tert-alkyl or cyclic N) is 6. The highest BCUT2D eigenvalue weighted by atomic mass is 16.6. The Morgan fingerprint density at radius 3 is 0.437 bits per heavy atom. The number of ether oxygens (including phenoxy) is 6. The number of rotatable bonds is 78. The lowest BCUT2D eigenvalue weighted by molar-refractivity contribution is -0.148. The van der Waals surface area contributed by atoms with Crippen molar-refractivity contribution in [3.8, 4) is 0 Å². The van der Waals surface area contributed by atoms with Crippen LogP contribution in [-0.4, -0.2) is 290 Å². The molecule has 24 heteroatoms. The first-order chi connectivity index (χ1) is 61.3. The summed E-state index contributed by atoms with van der Waals surface area (Å²) < 4.78 is 34.5. The van der Waals surface area contributed by atoms with E-state index >= 15 is 0 Å². The minimum Gasteiger partial charge on any atom is -0.463 e. The van der Waals surface area contributed by atoms with Crippen molar-refractivity contribution >= 4 is 35.8 Å². The number of unbranched alkanes of at least 4 members (excludes halogenated alkanes) is 30. The topological polar surface area (TPSA) is 299 Å². The molecule has 0 aliphatic carbocycles. The summed E-state index contributed by atoms with van der Waals surface area (Å²) in [5.74, 6) is -2.40. The first kappa shape index (κ1) is 119. The molecule has 0 amide bonds. The SMILES string of the molecule is CCCC/C=C\CCCCCC(=O)OCC(O)CN1CCN(CC(O)COC(=O)CCCCC/C=C\CCCC)CCN(CC(O)COC(=O)CCCCC/C=C\CCCC)CCN(CC(O)COC(=O)CCCCC/C=C\CCCC)CCN(CC(O)COC(=O)CCCCC/C=C\CCCC)CCN(CC(O)COC(=O)CCCCC/C=C\CCCC)CC1. The van der Waals surface area contributed by atoms with Gasteiger partial charge in [-0.25, -0.2) is 0 Å². The van der Waals surface area contributed by atoms with Crippen molar-refractivity contribution in [3.63, 3.8) is 0 Å². The molecule has 1 heterocycles. The van der Waals surface area contributed by atoms with E-state index in [1.807, 2.05) is 0 Å². The number of aliphatic hydroxyl groups is 6. The standard InChI is InChI=1S/C102H186N6O18/c1-7-13-19-25-31-37-43-49-55-61-97(115)121-85-91(109)79-103-67-69-104(80-92(110)86-122-98(116)62-56-50-44-38-32-26-20-14-8-2)71-73-106(82-94(112)88-124-100(118)64-58-52-46-40-34-28-22-16-10-4)75-77-108(84-96(114)90-126-102(120)66-60-54-48-42-36-30-24-18-12-6)78-76-107(83-95(113)89-125-101(119)65-59-53-47-41-35-29-23-17-11-5)74-72-105(70-68-103)81-93(111)87-123-99(117)63-57-51-45-39-33-27-21-15-9-3/h25-36,91-96,109-114H,7-24,37-90H2,1-6H3/b31-25-,32-26-,33-27-,34-28-,35-29-,36-30-. The van der Waals surface area contributed by atoms with Gasteiger partial charge >= 0.3 is 35.8 Å². The molecule has 1 fully saturated rings. The second-order valence-corrected chi connectivity index (χ2v) is 35.1. The Balaban J connectivity index is 4.09. The summed E-state index contributed by atoms with van der Waals surface area (Å²) >= 11 is 0. The maximum atomic E-state index is 13.3. The van der Waals surface area contributed by atoms with Crippen LogP contribution >= 0.6 is 0 Å². The number of hydrogen-bond acceptors (Lipinski definition) is 24. The lowest BCUT2D eigenvalue weighted by atomic mass is 10.1. The predicted octanol–water partition coefficient (Wildman–Crippen LogP) is 17.4. The largest absolute Gasteiger partial charge is 0.463 e. The summed E-state index contributed by atoms with van der Waals surface area (Å²) in [6, 6.07) is 0. The Hall–Kier alpha value is -5.22. The third-order valence-electron chi connectivity index (χ3n) is 22.7. The van der Waals surface area contributed by atoms with Crippen LogP contribution in [0.15, 0.2) is 72.9 Å². The Labute approximate surface area is 765 Å². The van der Waals surface area contributed by atoms with Gasteiger partial charge in [-0.2, -0.15) is 0 Å². The molecule has 0 saturated carbocycles. The molecule has 0 bridgehead atoms. The highest BCUT2D eigenvalue weighted by Gasteiger charge is 2.26. The van der Waals surface area contributed by atoms with E-state index in [-0.39, 0.29) is 117 Å². The lowest BCUT2D eigenvalue weighted by Gasteiger charge is -2.36. The summed E-state index contributed by atoms with van der Waals surface area (Å²) in [4.78, 5) is 92.1. The van der Waals surface area contributed by atoms with Crippen LogP contribution in [-0.2, 0) is 57.2 Å².